The van der Waals surface area contributed by atoms with E-state index >= 15 is 0 Å². The Morgan fingerprint density at radius 1 is 1.21 bits per heavy atom. The van der Waals surface area contributed by atoms with Crippen molar-refractivity contribution in [1.29, 1.82) is 0 Å². The molecule has 0 unspecified atom stereocenters. The third-order valence-electron chi connectivity index (χ3n) is 11.6. The first-order valence-electron chi connectivity index (χ1n) is 15.6. The molecule has 9 atom stereocenters. The second kappa shape index (κ2) is 10.7. The minimum Gasteiger partial charge on any atom is -0.494 e. The number of esters is 1. The fourth-order valence-corrected chi connectivity index (χ4v) is 9.56. The van der Waals surface area contributed by atoms with Crippen molar-refractivity contribution in [3.05, 3.63) is 23.0 Å². The molecule has 0 radical (unpaired) electrons. The molecule has 212 valence electrons. The lowest BCUT2D eigenvalue weighted by atomic mass is 9.47. The Kier molecular flexibility index (Phi) is 7.79. The predicted molar refractivity (Wildman–Crippen MR) is 150 cm³/mol. The van der Waals surface area contributed by atoms with Crippen molar-refractivity contribution in [3.8, 4) is 0 Å². The summed E-state index contributed by atoms with van der Waals surface area (Å²) in [6, 6.07) is 0. The van der Waals surface area contributed by atoms with Gasteiger partial charge in [0.1, 0.15) is 12.2 Å². The topological polar surface area (TPSA) is 64.6 Å². The monoisotopic (exact) mass is 525 g/mol. The van der Waals surface area contributed by atoms with Crippen molar-refractivity contribution in [3.63, 3.8) is 0 Å². The molecule has 0 aromatic carbocycles. The van der Waals surface area contributed by atoms with Crippen LogP contribution >= 0.6 is 0 Å². The number of fused-ring (bicyclic) bond motifs is 7. The molecule has 5 nitrogen and oxygen atoms in total. The van der Waals surface area contributed by atoms with Crippen LogP contribution in [0.4, 0.5) is 0 Å². The van der Waals surface area contributed by atoms with Crippen LogP contribution < -0.4 is 5.32 Å². The number of allylic oxidation sites excluding steroid dienone is 2. The van der Waals surface area contributed by atoms with Crippen LogP contribution in [0, 0.1) is 40.4 Å². The van der Waals surface area contributed by atoms with Crippen LogP contribution in [0.3, 0.4) is 0 Å². The van der Waals surface area contributed by atoms with Gasteiger partial charge in [0.05, 0.1) is 5.76 Å². The highest BCUT2D eigenvalue weighted by molar-refractivity contribution is 5.72. The van der Waals surface area contributed by atoms with E-state index in [0.717, 1.165) is 62.8 Å². The van der Waals surface area contributed by atoms with Gasteiger partial charge >= 0.3 is 5.97 Å². The summed E-state index contributed by atoms with van der Waals surface area (Å²) in [6.45, 7) is 14.0. The molecule has 3 fully saturated rings. The number of rotatable bonds is 8. The molecule has 1 heterocycles. The average Bonchev–Trinajstić information content (AvgIpc) is 3.34. The Balaban J connectivity index is 1.26. The number of carbonyl (C=O) groups is 2. The van der Waals surface area contributed by atoms with E-state index in [4.69, 9.17) is 9.47 Å². The average molecular weight is 526 g/mol. The molecule has 38 heavy (non-hydrogen) atoms. The summed E-state index contributed by atoms with van der Waals surface area (Å²) < 4.78 is 12.6. The van der Waals surface area contributed by atoms with Crippen molar-refractivity contribution >= 4 is 11.9 Å². The number of ether oxygens (including phenoxy) is 2. The lowest BCUT2D eigenvalue weighted by molar-refractivity contribution is -0.151. The van der Waals surface area contributed by atoms with Gasteiger partial charge in [0.2, 0.25) is 5.91 Å². The molecular formula is C33H51NO4. The van der Waals surface area contributed by atoms with Gasteiger partial charge in [0.25, 0.3) is 0 Å². The van der Waals surface area contributed by atoms with E-state index in [1.165, 1.54) is 37.0 Å². The minimum atomic E-state index is -0.0219. The van der Waals surface area contributed by atoms with Crippen molar-refractivity contribution in [2.75, 3.05) is 6.54 Å². The van der Waals surface area contributed by atoms with Gasteiger partial charge in [0, 0.05) is 38.6 Å². The van der Waals surface area contributed by atoms with Gasteiger partial charge in [-0.2, -0.15) is 0 Å². The van der Waals surface area contributed by atoms with Gasteiger partial charge in [-0.05, 0) is 98.4 Å². The minimum absolute atomic E-state index is 0.0219. The van der Waals surface area contributed by atoms with Crippen LogP contribution in [0.1, 0.15) is 112 Å². The Bertz CT molecular complexity index is 999. The smallest absolute Gasteiger partial charge is 0.306 e. The van der Waals surface area contributed by atoms with E-state index in [1.807, 2.05) is 6.92 Å². The van der Waals surface area contributed by atoms with Gasteiger partial charge in [-0.25, -0.2) is 0 Å². The first-order valence-corrected chi connectivity index (χ1v) is 15.6. The molecular weight excluding hydrogens is 474 g/mol. The molecule has 0 saturated heterocycles. The maximum Gasteiger partial charge on any atom is 0.306 e. The molecule has 0 aromatic heterocycles. The quantitative estimate of drug-likeness (QED) is 0.271. The highest BCUT2D eigenvalue weighted by atomic mass is 16.5. The number of nitrogens with one attached hydrogen (secondary N) is 1. The van der Waals surface area contributed by atoms with E-state index in [0.29, 0.717) is 29.8 Å². The first kappa shape index (κ1) is 27.8. The fraction of sp³-hybridized carbons (Fsp3) is 0.818. The highest BCUT2D eigenvalue weighted by Crippen LogP contribution is 2.69. The Labute approximate surface area is 230 Å². The number of carbonyl (C=O) groups excluding carboxylic acids is 2. The molecule has 4 aliphatic carbocycles. The summed E-state index contributed by atoms with van der Waals surface area (Å²) in [7, 11) is 0. The second-order valence-electron chi connectivity index (χ2n) is 14.0. The predicted octanol–water partition coefficient (Wildman–Crippen LogP) is 7.11. The van der Waals surface area contributed by atoms with Gasteiger partial charge < -0.3 is 14.8 Å². The standard InChI is InChI=1S/C33H51NO4/c1-7-8-30(36)37-24-13-15-32(5)23(17-24)10-11-25-26(32)14-16-33(6)27(25)18-29-31(33)21(3)28(38-29)12-9-20(2)19-34-22(4)35/h10,20,24-27,29,31H,7-9,11-19H2,1-6H3,(H,34,35)/t20-,24-,25-,26+,27+,29-,31+,32-,33-/m0/s1. The summed E-state index contributed by atoms with van der Waals surface area (Å²) >= 11 is 0. The van der Waals surface area contributed by atoms with E-state index in [1.54, 1.807) is 12.5 Å². The van der Waals surface area contributed by atoms with Gasteiger partial charge in [-0.15, -0.1) is 0 Å². The van der Waals surface area contributed by atoms with Crippen LogP contribution in [0.2, 0.25) is 0 Å². The van der Waals surface area contributed by atoms with Crippen molar-refractivity contribution in [1.82, 2.24) is 5.32 Å². The molecule has 0 spiro atoms. The van der Waals surface area contributed by atoms with Gasteiger partial charge in [-0.3, -0.25) is 9.59 Å². The first-order chi connectivity index (χ1) is 18.1. The summed E-state index contributed by atoms with van der Waals surface area (Å²) in [6.07, 6.45) is 14.5. The van der Waals surface area contributed by atoms with Gasteiger partial charge in [-0.1, -0.05) is 39.3 Å². The van der Waals surface area contributed by atoms with Crippen molar-refractivity contribution in [2.24, 2.45) is 40.4 Å². The largest absolute Gasteiger partial charge is 0.494 e. The molecule has 5 aliphatic rings. The molecule has 5 heteroatoms. The van der Waals surface area contributed by atoms with E-state index < -0.39 is 0 Å². The SMILES string of the molecule is CCCC(=O)O[C@H]1CC[C@@]2(C)C(=CC[C@@H]3[C@H]4C[C@@H]5OC(CC[C@H](C)CNC(C)=O)=C(C)[C@H]5[C@@]4(C)CC[C@H]32)C1. The van der Waals surface area contributed by atoms with Crippen LogP contribution in [0.5, 0.6) is 0 Å². The number of amides is 1. The Hall–Kier alpha value is -1.78. The third-order valence-corrected chi connectivity index (χ3v) is 11.6. The molecule has 0 aromatic rings. The van der Waals surface area contributed by atoms with E-state index in [9.17, 15) is 9.59 Å². The van der Waals surface area contributed by atoms with Crippen LogP contribution in [0.15, 0.2) is 23.0 Å². The molecule has 1 amide bonds. The summed E-state index contributed by atoms with van der Waals surface area (Å²) in [5.41, 5.74) is 3.67. The maximum atomic E-state index is 12.1. The lowest BCUT2D eigenvalue weighted by Gasteiger charge is -2.58. The number of hydrogen-bond donors (Lipinski definition) is 1. The van der Waals surface area contributed by atoms with Gasteiger partial charge in [0.15, 0.2) is 0 Å². The fourth-order valence-electron chi connectivity index (χ4n) is 9.56. The Morgan fingerprint density at radius 2 is 2.00 bits per heavy atom. The Morgan fingerprint density at radius 3 is 2.74 bits per heavy atom. The third kappa shape index (κ3) is 4.85. The van der Waals surface area contributed by atoms with Crippen molar-refractivity contribution in [2.45, 2.75) is 124 Å². The maximum absolute atomic E-state index is 12.1. The van der Waals surface area contributed by atoms with E-state index in [2.05, 4.69) is 39.1 Å². The second-order valence-corrected chi connectivity index (χ2v) is 14.0. The zero-order chi connectivity index (χ0) is 27.2. The molecule has 1 aliphatic heterocycles. The zero-order valence-electron chi connectivity index (χ0n) is 24.7. The normalized spacial score (nSPS) is 40.2. The zero-order valence-corrected chi connectivity index (χ0v) is 24.7. The molecule has 1 N–H and O–H groups in total. The van der Waals surface area contributed by atoms with E-state index in [-0.39, 0.29) is 23.4 Å². The molecule has 5 rings (SSSR count). The van der Waals surface area contributed by atoms with Crippen LogP contribution in [-0.2, 0) is 19.1 Å². The van der Waals surface area contributed by atoms with Crippen molar-refractivity contribution < 1.29 is 19.1 Å². The highest BCUT2D eigenvalue weighted by Gasteiger charge is 2.63. The summed E-state index contributed by atoms with van der Waals surface area (Å²) in [4.78, 5) is 23.4. The number of hydrogen-bond acceptors (Lipinski definition) is 4. The van der Waals surface area contributed by atoms with Crippen LogP contribution in [-0.4, -0.2) is 30.6 Å². The molecule has 3 saturated carbocycles. The van der Waals surface area contributed by atoms with Crippen LogP contribution in [0.25, 0.3) is 0 Å². The lowest BCUT2D eigenvalue weighted by Crippen LogP contribution is -2.50. The summed E-state index contributed by atoms with van der Waals surface area (Å²) in [5.74, 6) is 4.49. The molecule has 0 bridgehead atoms. The summed E-state index contributed by atoms with van der Waals surface area (Å²) in [5, 5.41) is 2.96.